The van der Waals surface area contributed by atoms with Gasteiger partial charge in [0.15, 0.2) is 0 Å². The summed E-state index contributed by atoms with van der Waals surface area (Å²) in [6, 6.07) is 4.97. The molecular formula is C16H20FN3O2. The first-order valence-electron chi connectivity index (χ1n) is 7.50. The summed E-state index contributed by atoms with van der Waals surface area (Å²) in [6.45, 7) is 8.18. The van der Waals surface area contributed by atoms with E-state index in [0.29, 0.717) is 29.4 Å². The molecular weight excluding hydrogens is 285 g/mol. The van der Waals surface area contributed by atoms with Crippen LogP contribution in [0.1, 0.15) is 31.3 Å². The lowest BCUT2D eigenvalue weighted by molar-refractivity contribution is -0.0361. The Morgan fingerprint density at radius 2 is 2.23 bits per heavy atom. The Balaban J connectivity index is 1.79. The van der Waals surface area contributed by atoms with Crippen molar-refractivity contribution in [1.82, 2.24) is 15.0 Å². The molecule has 0 radical (unpaired) electrons. The number of ether oxygens (including phenoxy) is 1. The molecule has 0 amide bonds. The van der Waals surface area contributed by atoms with Gasteiger partial charge >= 0.3 is 0 Å². The van der Waals surface area contributed by atoms with Crippen molar-refractivity contribution in [3.8, 4) is 11.4 Å². The SMILES string of the molecule is Cc1ccc(-c2noc([C@@H](C)N3CCO[C@H](C)C3)n2)cc1F. The molecule has 0 saturated carbocycles. The zero-order chi connectivity index (χ0) is 15.7. The highest BCUT2D eigenvalue weighted by atomic mass is 19.1. The molecule has 1 aromatic carbocycles. The standard InChI is InChI=1S/C16H20FN3O2/c1-10-4-5-13(8-14(10)17)15-18-16(22-19-15)12(3)20-6-7-21-11(2)9-20/h4-5,8,11-12H,6-7,9H2,1-3H3/t11-,12-/m1/s1. The molecule has 0 aliphatic carbocycles. The Hall–Kier alpha value is -1.79. The van der Waals surface area contributed by atoms with E-state index >= 15 is 0 Å². The van der Waals surface area contributed by atoms with E-state index in [-0.39, 0.29) is 18.0 Å². The quantitative estimate of drug-likeness (QED) is 0.872. The first-order chi connectivity index (χ1) is 10.5. The van der Waals surface area contributed by atoms with E-state index < -0.39 is 0 Å². The van der Waals surface area contributed by atoms with Crippen molar-refractivity contribution < 1.29 is 13.7 Å². The van der Waals surface area contributed by atoms with Gasteiger partial charge in [-0.25, -0.2) is 4.39 Å². The van der Waals surface area contributed by atoms with E-state index in [4.69, 9.17) is 9.26 Å². The van der Waals surface area contributed by atoms with Crippen molar-refractivity contribution in [3.05, 3.63) is 35.5 Å². The number of benzene rings is 1. The number of aromatic nitrogens is 2. The number of hydrogen-bond acceptors (Lipinski definition) is 5. The lowest BCUT2D eigenvalue weighted by Gasteiger charge is -2.33. The second kappa shape index (κ2) is 6.14. The second-order valence-corrected chi connectivity index (χ2v) is 5.77. The summed E-state index contributed by atoms with van der Waals surface area (Å²) >= 11 is 0. The number of rotatable bonds is 3. The predicted octanol–water partition coefficient (Wildman–Crippen LogP) is 2.97. The smallest absolute Gasteiger partial charge is 0.244 e. The molecule has 1 fully saturated rings. The normalized spacial score (nSPS) is 21.0. The molecule has 5 nitrogen and oxygen atoms in total. The van der Waals surface area contributed by atoms with E-state index in [9.17, 15) is 4.39 Å². The van der Waals surface area contributed by atoms with E-state index in [1.165, 1.54) is 6.07 Å². The van der Waals surface area contributed by atoms with Crippen molar-refractivity contribution in [3.63, 3.8) is 0 Å². The van der Waals surface area contributed by atoms with Gasteiger partial charge < -0.3 is 9.26 Å². The van der Waals surface area contributed by atoms with Crippen LogP contribution < -0.4 is 0 Å². The average Bonchev–Trinajstić information content (AvgIpc) is 2.99. The summed E-state index contributed by atoms with van der Waals surface area (Å²) in [5.41, 5.74) is 1.23. The minimum Gasteiger partial charge on any atom is -0.376 e. The van der Waals surface area contributed by atoms with Gasteiger partial charge in [0.25, 0.3) is 0 Å². The van der Waals surface area contributed by atoms with Gasteiger partial charge in [-0.3, -0.25) is 4.90 Å². The number of halogens is 1. The number of aryl methyl sites for hydroxylation is 1. The third kappa shape index (κ3) is 3.03. The largest absolute Gasteiger partial charge is 0.376 e. The van der Waals surface area contributed by atoms with Crippen LogP contribution in [0, 0.1) is 12.7 Å². The lowest BCUT2D eigenvalue weighted by Crippen LogP contribution is -2.42. The monoisotopic (exact) mass is 305 g/mol. The van der Waals surface area contributed by atoms with Gasteiger partial charge in [-0.2, -0.15) is 4.98 Å². The summed E-state index contributed by atoms with van der Waals surface area (Å²) < 4.78 is 24.6. The van der Waals surface area contributed by atoms with Crippen molar-refractivity contribution in [2.45, 2.75) is 32.9 Å². The zero-order valence-electron chi connectivity index (χ0n) is 13.0. The van der Waals surface area contributed by atoms with Crippen LogP contribution in [-0.4, -0.2) is 40.8 Å². The van der Waals surface area contributed by atoms with Crippen LogP contribution in [0.25, 0.3) is 11.4 Å². The van der Waals surface area contributed by atoms with Crippen molar-refractivity contribution in [2.75, 3.05) is 19.7 Å². The van der Waals surface area contributed by atoms with Gasteiger partial charge in [-0.1, -0.05) is 17.3 Å². The van der Waals surface area contributed by atoms with Crippen LogP contribution in [-0.2, 0) is 4.74 Å². The first-order valence-corrected chi connectivity index (χ1v) is 7.50. The summed E-state index contributed by atoms with van der Waals surface area (Å²) in [4.78, 5) is 6.68. The van der Waals surface area contributed by atoms with Crippen molar-refractivity contribution in [2.24, 2.45) is 0 Å². The summed E-state index contributed by atoms with van der Waals surface area (Å²) in [5, 5.41) is 3.98. The van der Waals surface area contributed by atoms with Gasteiger partial charge in [-0.15, -0.1) is 0 Å². The second-order valence-electron chi connectivity index (χ2n) is 5.77. The van der Waals surface area contributed by atoms with E-state index in [0.717, 1.165) is 13.1 Å². The van der Waals surface area contributed by atoms with Gasteiger partial charge in [0.1, 0.15) is 5.82 Å². The molecule has 0 N–H and O–H groups in total. The van der Waals surface area contributed by atoms with Crippen LogP contribution in [0.3, 0.4) is 0 Å². The minimum atomic E-state index is -0.265. The molecule has 2 heterocycles. The highest BCUT2D eigenvalue weighted by molar-refractivity contribution is 5.54. The maximum atomic E-state index is 13.7. The zero-order valence-corrected chi connectivity index (χ0v) is 13.0. The number of morpholine rings is 1. The Morgan fingerprint density at radius 3 is 2.95 bits per heavy atom. The molecule has 0 unspecified atom stereocenters. The molecule has 1 aromatic heterocycles. The molecule has 0 bridgehead atoms. The molecule has 118 valence electrons. The summed E-state index contributed by atoms with van der Waals surface area (Å²) in [7, 11) is 0. The highest BCUT2D eigenvalue weighted by Gasteiger charge is 2.26. The molecule has 1 saturated heterocycles. The first kappa shape index (κ1) is 15.1. The van der Waals surface area contributed by atoms with Crippen LogP contribution in [0.15, 0.2) is 22.7 Å². The predicted molar refractivity (Wildman–Crippen MR) is 79.8 cm³/mol. The minimum absolute atomic E-state index is 0.0166. The van der Waals surface area contributed by atoms with Gasteiger partial charge in [0, 0.05) is 18.7 Å². The van der Waals surface area contributed by atoms with E-state index in [1.54, 1.807) is 19.1 Å². The van der Waals surface area contributed by atoms with Crippen LogP contribution in [0.2, 0.25) is 0 Å². The van der Waals surface area contributed by atoms with Crippen LogP contribution in [0.4, 0.5) is 4.39 Å². The van der Waals surface area contributed by atoms with Gasteiger partial charge in [-0.05, 0) is 32.4 Å². The molecule has 3 rings (SSSR count). The number of hydrogen-bond donors (Lipinski definition) is 0. The highest BCUT2D eigenvalue weighted by Crippen LogP contribution is 2.25. The Labute approximate surface area is 129 Å². The third-order valence-corrected chi connectivity index (χ3v) is 4.05. The molecule has 1 aliphatic rings. The Bertz CT molecular complexity index is 659. The summed E-state index contributed by atoms with van der Waals surface area (Å²) in [6.07, 6.45) is 0.199. The fraction of sp³-hybridized carbons (Fsp3) is 0.500. The maximum Gasteiger partial charge on any atom is 0.244 e. The molecule has 1 aliphatic heterocycles. The Kier molecular flexibility index (Phi) is 4.22. The van der Waals surface area contributed by atoms with E-state index in [2.05, 4.69) is 15.0 Å². The molecule has 6 heteroatoms. The van der Waals surface area contributed by atoms with Crippen LogP contribution in [0.5, 0.6) is 0 Å². The molecule has 2 aromatic rings. The fourth-order valence-electron chi connectivity index (χ4n) is 2.61. The average molecular weight is 305 g/mol. The summed E-state index contributed by atoms with van der Waals surface area (Å²) in [5.74, 6) is 0.700. The Morgan fingerprint density at radius 1 is 1.41 bits per heavy atom. The topological polar surface area (TPSA) is 51.4 Å². The fourth-order valence-corrected chi connectivity index (χ4v) is 2.61. The lowest BCUT2D eigenvalue weighted by atomic mass is 10.1. The van der Waals surface area contributed by atoms with Crippen LogP contribution >= 0.6 is 0 Å². The number of nitrogens with zero attached hydrogens (tertiary/aromatic N) is 3. The van der Waals surface area contributed by atoms with Gasteiger partial charge in [0.05, 0.1) is 18.8 Å². The maximum absolute atomic E-state index is 13.7. The molecule has 2 atom stereocenters. The molecule has 0 spiro atoms. The molecule has 22 heavy (non-hydrogen) atoms. The van der Waals surface area contributed by atoms with E-state index in [1.807, 2.05) is 13.8 Å². The van der Waals surface area contributed by atoms with Crippen molar-refractivity contribution >= 4 is 0 Å². The third-order valence-electron chi connectivity index (χ3n) is 4.05. The van der Waals surface area contributed by atoms with Gasteiger partial charge in [0.2, 0.25) is 11.7 Å². The van der Waals surface area contributed by atoms with Crippen molar-refractivity contribution in [1.29, 1.82) is 0 Å².